The Bertz CT molecular complexity index is 217. The van der Waals surface area contributed by atoms with Crippen molar-refractivity contribution in [3.8, 4) is 0 Å². The number of hydrogen-bond donors (Lipinski definition) is 2. The van der Waals surface area contributed by atoms with Crippen molar-refractivity contribution < 1.29 is 10.2 Å². The SMILES string of the molecule is CC(O)c1ccc(C(C)O)nn1. The number of rotatable bonds is 2. The van der Waals surface area contributed by atoms with Gasteiger partial charge in [-0.3, -0.25) is 0 Å². The third-order valence-electron chi connectivity index (χ3n) is 1.56. The van der Waals surface area contributed by atoms with Crippen LogP contribution in [0, 0.1) is 0 Å². The summed E-state index contributed by atoms with van der Waals surface area (Å²) in [5.41, 5.74) is 1.03. The largest absolute Gasteiger partial charge is 0.387 e. The van der Waals surface area contributed by atoms with Crippen molar-refractivity contribution in [1.29, 1.82) is 0 Å². The number of aliphatic hydroxyl groups is 2. The van der Waals surface area contributed by atoms with Crippen LogP contribution in [-0.4, -0.2) is 20.4 Å². The minimum atomic E-state index is -0.611. The van der Waals surface area contributed by atoms with Crippen molar-refractivity contribution in [2.75, 3.05) is 0 Å². The first kappa shape index (κ1) is 9.09. The molecule has 0 saturated carbocycles. The molecule has 1 rings (SSSR count). The fourth-order valence-electron chi connectivity index (χ4n) is 0.799. The molecule has 2 atom stereocenters. The van der Waals surface area contributed by atoms with E-state index >= 15 is 0 Å². The average Bonchev–Trinajstić information content (AvgIpc) is 2.04. The summed E-state index contributed by atoms with van der Waals surface area (Å²) >= 11 is 0. The monoisotopic (exact) mass is 168 g/mol. The first-order chi connectivity index (χ1) is 5.61. The summed E-state index contributed by atoms with van der Waals surface area (Å²) in [5.74, 6) is 0. The van der Waals surface area contributed by atoms with Crippen LogP contribution in [0.25, 0.3) is 0 Å². The molecule has 0 spiro atoms. The van der Waals surface area contributed by atoms with E-state index in [1.165, 1.54) is 0 Å². The Balaban J connectivity index is 2.86. The summed E-state index contributed by atoms with van der Waals surface area (Å²) in [5, 5.41) is 25.7. The van der Waals surface area contributed by atoms with Crippen LogP contribution in [0.3, 0.4) is 0 Å². The minimum absolute atomic E-state index is 0.513. The first-order valence-electron chi connectivity index (χ1n) is 3.81. The lowest BCUT2D eigenvalue weighted by Crippen LogP contribution is -2.02. The molecular weight excluding hydrogens is 156 g/mol. The number of hydrogen-bond acceptors (Lipinski definition) is 4. The lowest BCUT2D eigenvalue weighted by atomic mass is 10.2. The zero-order chi connectivity index (χ0) is 9.14. The molecule has 66 valence electrons. The number of aliphatic hydroxyl groups excluding tert-OH is 2. The molecule has 0 aromatic carbocycles. The van der Waals surface area contributed by atoms with E-state index < -0.39 is 12.2 Å². The molecule has 1 heterocycles. The summed E-state index contributed by atoms with van der Waals surface area (Å²) in [6, 6.07) is 3.30. The van der Waals surface area contributed by atoms with Gasteiger partial charge in [-0.2, -0.15) is 10.2 Å². The van der Waals surface area contributed by atoms with Crippen molar-refractivity contribution in [3.05, 3.63) is 23.5 Å². The highest BCUT2D eigenvalue weighted by atomic mass is 16.3. The van der Waals surface area contributed by atoms with E-state index in [1.54, 1.807) is 26.0 Å². The molecule has 0 radical (unpaired) electrons. The van der Waals surface area contributed by atoms with Gasteiger partial charge in [0.1, 0.15) is 0 Å². The second-order valence-corrected chi connectivity index (χ2v) is 2.74. The van der Waals surface area contributed by atoms with Gasteiger partial charge in [0.25, 0.3) is 0 Å². The maximum Gasteiger partial charge on any atom is 0.0950 e. The van der Waals surface area contributed by atoms with E-state index in [4.69, 9.17) is 10.2 Å². The van der Waals surface area contributed by atoms with Crippen molar-refractivity contribution in [2.45, 2.75) is 26.1 Å². The Morgan fingerprint density at radius 2 is 1.33 bits per heavy atom. The minimum Gasteiger partial charge on any atom is -0.387 e. The zero-order valence-electron chi connectivity index (χ0n) is 7.10. The summed E-state index contributed by atoms with van der Waals surface area (Å²) < 4.78 is 0. The Morgan fingerprint density at radius 3 is 1.50 bits per heavy atom. The molecule has 0 amide bonds. The fraction of sp³-hybridized carbons (Fsp3) is 0.500. The van der Waals surface area contributed by atoms with Gasteiger partial charge < -0.3 is 10.2 Å². The smallest absolute Gasteiger partial charge is 0.0950 e. The Labute approximate surface area is 70.9 Å². The summed E-state index contributed by atoms with van der Waals surface area (Å²) in [6.07, 6.45) is -1.22. The average molecular weight is 168 g/mol. The molecule has 4 heteroatoms. The molecule has 1 aromatic heterocycles. The second-order valence-electron chi connectivity index (χ2n) is 2.74. The van der Waals surface area contributed by atoms with Gasteiger partial charge in [0.05, 0.1) is 23.6 Å². The Hall–Kier alpha value is -1.00. The van der Waals surface area contributed by atoms with Crippen LogP contribution in [0.15, 0.2) is 12.1 Å². The fourth-order valence-corrected chi connectivity index (χ4v) is 0.799. The molecule has 2 N–H and O–H groups in total. The van der Waals surface area contributed by atoms with Crippen LogP contribution in [0.1, 0.15) is 37.4 Å². The van der Waals surface area contributed by atoms with E-state index in [1.807, 2.05) is 0 Å². The number of nitrogens with zero attached hydrogens (tertiary/aromatic N) is 2. The van der Waals surface area contributed by atoms with E-state index in [0.717, 1.165) is 0 Å². The molecule has 2 unspecified atom stereocenters. The molecule has 0 aliphatic heterocycles. The lowest BCUT2D eigenvalue weighted by Gasteiger charge is -2.04. The van der Waals surface area contributed by atoms with Gasteiger partial charge >= 0.3 is 0 Å². The van der Waals surface area contributed by atoms with Crippen LogP contribution in [0.4, 0.5) is 0 Å². The highest BCUT2D eigenvalue weighted by Crippen LogP contribution is 2.11. The molecule has 12 heavy (non-hydrogen) atoms. The quantitative estimate of drug-likeness (QED) is 0.678. The van der Waals surface area contributed by atoms with Crippen molar-refractivity contribution in [2.24, 2.45) is 0 Å². The van der Waals surface area contributed by atoms with Crippen molar-refractivity contribution in [3.63, 3.8) is 0 Å². The van der Waals surface area contributed by atoms with Crippen LogP contribution in [-0.2, 0) is 0 Å². The molecule has 4 nitrogen and oxygen atoms in total. The molecule has 0 fully saturated rings. The molecule has 0 saturated heterocycles. The molecule has 1 aromatic rings. The van der Waals surface area contributed by atoms with Crippen molar-refractivity contribution in [1.82, 2.24) is 10.2 Å². The van der Waals surface area contributed by atoms with E-state index in [2.05, 4.69) is 10.2 Å². The molecule has 0 bridgehead atoms. The van der Waals surface area contributed by atoms with Crippen LogP contribution >= 0.6 is 0 Å². The van der Waals surface area contributed by atoms with Crippen LogP contribution in [0.5, 0.6) is 0 Å². The zero-order valence-corrected chi connectivity index (χ0v) is 7.10. The van der Waals surface area contributed by atoms with Gasteiger partial charge in [0.15, 0.2) is 0 Å². The van der Waals surface area contributed by atoms with E-state index in [9.17, 15) is 0 Å². The van der Waals surface area contributed by atoms with Gasteiger partial charge in [-0.1, -0.05) is 0 Å². The van der Waals surface area contributed by atoms with Crippen LogP contribution in [0.2, 0.25) is 0 Å². The second kappa shape index (κ2) is 3.60. The molecular formula is C8H12N2O2. The third kappa shape index (κ3) is 1.99. The molecule has 0 aliphatic rings. The maximum atomic E-state index is 9.09. The van der Waals surface area contributed by atoms with E-state index in [0.29, 0.717) is 11.4 Å². The highest BCUT2D eigenvalue weighted by molar-refractivity contribution is 5.09. The Morgan fingerprint density at radius 1 is 1.00 bits per heavy atom. The predicted octanol–water partition coefficient (Wildman–Crippen LogP) is 0.583. The summed E-state index contributed by atoms with van der Waals surface area (Å²) in [6.45, 7) is 3.23. The topological polar surface area (TPSA) is 66.2 Å². The number of aromatic nitrogens is 2. The highest BCUT2D eigenvalue weighted by Gasteiger charge is 2.05. The van der Waals surface area contributed by atoms with Crippen LogP contribution < -0.4 is 0 Å². The third-order valence-corrected chi connectivity index (χ3v) is 1.56. The van der Waals surface area contributed by atoms with Crippen molar-refractivity contribution >= 4 is 0 Å². The standard InChI is InChI=1S/C8H12N2O2/c1-5(11)7-3-4-8(6(2)12)10-9-7/h3-6,11-12H,1-2H3. The van der Waals surface area contributed by atoms with Gasteiger partial charge in [-0.15, -0.1) is 0 Å². The maximum absolute atomic E-state index is 9.09. The normalized spacial score (nSPS) is 15.7. The van der Waals surface area contributed by atoms with Gasteiger partial charge in [-0.05, 0) is 26.0 Å². The van der Waals surface area contributed by atoms with E-state index in [-0.39, 0.29) is 0 Å². The summed E-state index contributed by atoms with van der Waals surface area (Å²) in [7, 11) is 0. The summed E-state index contributed by atoms with van der Waals surface area (Å²) in [4.78, 5) is 0. The first-order valence-corrected chi connectivity index (χ1v) is 3.81. The lowest BCUT2D eigenvalue weighted by molar-refractivity contribution is 0.185. The molecule has 0 aliphatic carbocycles. The van der Waals surface area contributed by atoms with Gasteiger partial charge in [-0.25, -0.2) is 0 Å². The van der Waals surface area contributed by atoms with Gasteiger partial charge in [0, 0.05) is 0 Å². The van der Waals surface area contributed by atoms with Gasteiger partial charge in [0.2, 0.25) is 0 Å². The Kier molecular flexibility index (Phi) is 2.73. The predicted molar refractivity (Wildman–Crippen MR) is 43.3 cm³/mol.